The molecule has 2 N–H and O–H groups in total. The van der Waals surface area contributed by atoms with Crippen molar-refractivity contribution in [1.29, 1.82) is 0 Å². The summed E-state index contributed by atoms with van der Waals surface area (Å²) in [6.07, 6.45) is 0. The zero-order valence-corrected chi connectivity index (χ0v) is 4.63. The summed E-state index contributed by atoms with van der Waals surface area (Å²) in [5.41, 5.74) is 0. The van der Waals surface area contributed by atoms with Gasteiger partial charge in [0.15, 0.2) is 0 Å². The monoisotopic (exact) mass is 126 g/mol. The number of hydrogen-bond acceptors (Lipinski definition) is 0. The van der Waals surface area contributed by atoms with Gasteiger partial charge >= 0.3 is 37.7 Å². The van der Waals surface area contributed by atoms with E-state index in [4.69, 9.17) is 11.1 Å². The summed E-state index contributed by atoms with van der Waals surface area (Å²) in [5.74, 6) is 0. The van der Waals surface area contributed by atoms with Crippen molar-refractivity contribution >= 4 is 58.4 Å². The van der Waals surface area contributed by atoms with E-state index < -0.39 is 0 Å². The van der Waals surface area contributed by atoms with Gasteiger partial charge in [-0.05, 0) is 0 Å². The van der Waals surface area contributed by atoms with Gasteiger partial charge in [0.05, 0.1) is 0 Å². The Kier molecular flexibility index (Phi) is 94.7. The maximum atomic E-state index is 4.78. The van der Waals surface area contributed by atoms with Crippen molar-refractivity contribution in [2.45, 2.75) is 0 Å². The van der Waals surface area contributed by atoms with Crippen LogP contribution in [0.2, 0.25) is 0 Å². The van der Waals surface area contributed by atoms with Crippen LogP contribution < -0.4 is 0 Å². The average molecular weight is 127 g/mol. The van der Waals surface area contributed by atoms with Gasteiger partial charge < -0.3 is 5.48 Å². The minimum Gasteiger partial charge on any atom is -0.181 e. The van der Waals surface area contributed by atoms with Crippen LogP contribution >= 0.6 is 11.1 Å². The third-order valence-corrected chi connectivity index (χ3v) is 0. The summed E-state index contributed by atoms with van der Waals surface area (Å²) >= 11 is 4.78. The van der Waals surface area contributed by atoms with Crippen LogP contribution in [0, 0.1) is 0 Å². The zero-order chi connectivity index (χ0) is 2.00. The molecule has 0 amide bonds. The molecule has 26 valence electrons. The minimum atomic E-state index is 0. The standard InChI is InChI=1S/Ca.ClH3Si.H2O.2H/c;1-2;;;/h;2H3;1H2;;. The molecule has 0 unspecified atom stereocenters. The molecule has 0 heterocycles. The van der Waals surface area contributed by atoms with E-state index in [1.807, 2.05) is 0 Å². The minimum absolute atomic E-state index is 0. The summed E-state index contributed by atoms with van der Waals surface area (Å²) in [6.45, 7) is 0. The Morgan fingerprint density at radius 1 is 1.25 bits per heavy atom. The summed E-state index contributed by atoms with van der Waals surface area (Å²) < 4.78 is 0. The molecule has 0 aliphatic heterocycles. The normalized spacial score (nSPS) is 2.25. The molecule has 0 rings (SSSR count). The maximum absolute atomic E-state index is 4.78. The van der Waals surface area contributed by atoms with Crippen LogP contribution in [-0.4, -0.2) is 52.8 Å². The molecule has 0 bridgehead atoms. The second-order valence-electron chi connectivity index (χ2n) is 0. The second kappa shape index (κ2) is 22.0. The van der Waals surface area contributed by atoms with E-state index in [2.05, 4.69) is 0 Å². The first kappa shape index (κ1) is 17.2. The van der Waals surface area contributed by atoms with Crippen LogP contribution in [0.1, 0.15) is 0 Å². The van der Waals surface area contributed by atoms with Gasteiger partial charge in [-0.1, -0.05) is 0 Å². The molecular formula is H7CaClOSi. The summed E-state index contributed by atoms with van der Waals surface area (Å²) in [4.78, 5) is 0. The molecule has 0 spiro atoms. The Hall–Kier alpha value is 1.73. The molecule has 4 heavy (non-hydrogen) atoms. The number of hydrogen-bond donors (Lipinski definition) is 0. The molecule has 0 atom stereocenters. The van der Waals surface area contributed by atoms with E-state index >= 15 is 0 Å². The smallest absolute Gasteiger partial charge is 0.109 e. The summed E-state index contributed by atoms with van der Waals surface area (Å²) in [7, 11) is 0.778. The van der Waals surface area contributed by atoms with Crippen LogP contribution in [0.25, 0.3) is 0 Å². The van der Waals surface area contributed by atoms with Gasteiger partial charge in [-0.2, -0.15) is 11.1 Å². The maximum Gasteiger partial charge on any atom is 0.109 e. The molecule has 0 saturated carbocycles. The van der Waals surface area contributed by atoms with E-state index in [1.54, 1.807) is 0 Å². The molecule has 0 fully saturated rings. The van der Waals surface area contributed by atoms with Gasteiger partial charge in [-0.25, -0.2) is 0 Å². The fraction of sp³-hybridized carbons (Fsp3) is 0. The molecule has 0 aromatic heterocycles. The van der Waals surface area contributed by atoms with Crippen molar-refractivity contribution in [3.63, 3.8) is 0 Å². The van der Waals surface area contributed by atoms with Gasteiger partial charge in [0.25, 0.3) is 0 Å². The Morgan fingerprint density at radius 2 is 1.25 bits per heavy atom. The number of rotatable bonds is 0. The zero-order valence-electron chi connectivity index (χ0n) is 1.88. The molecule has 4 heteroatoms. The van der Waals surface area contributed by atoms with E-state index in [-0.39, 0.29) is 43.2 Å². The molecule has 0 aliphatic rings. The molecule has 0 aliphatic carbocycles. The van der Waals surface area contributed by atoms with Crippen LogP contribution in [0.15, 0.2) is 0 Å². The molecule has 0 saturated heterocycles. The van der Waals surface area contributed by atoms with E-state index in [0.29, 0.717) is 0 Å². The van der Waals surface area contributed by atoms with Crippen LogP contribution in [-0.2, 0) is 0 Å². The Balaban J connectivity index is -0.00000000500. The van der Waals surface area contributed by atoms with Crippen molar-refractivity contribution in [3.8, 4) is 0 Å². The van der Waals surface area contributed by atoms with E-state index in [9.17, 15) is 0 Å². The predicted molar refractivity (Wildman–Crippen MR) is 27.9 cm³/mol. The topological polar surface area (TPSA) is 31.5 Å². The Labute approximate surface area is 63.2 Å². The van der Waals surface area contributed by atoms with Crippen molar-refractivity contribution in [2.75, 3.05) is 0 Å². The fourth-order valence-corrected chi connectivity index (χ4v) is 0. The van der Waals surface area contributed by atoms with Gasteiger partial charge in [0.2, 0.25) is 0 Å². The third kappa shape index (κ3) is 9.29. The van der Waals surface area contributed by atoms with E-state index in [0.717, 1.165) is 9.55 Å². The molecule has 0 aromatic carbocycles. The van der Waals surface area contributed by atoms with Crippen LogP contribution in [0.3, 0.4) is 0 Å². The second-order valence-corrected chi connectivity index (χ2v) is 0. The SMILES string of the molecule is O.[CaH2].[SiH3]Cl. The van der Waals surface area contributed by atoms with Crippen LogP contribution in [0.5, 0.6) is 0 Å². The van der Waals surface area contributed by atoms with Crippen molar-refractivity contribution < 1.29 is 5.48 Å². The first-order valence-corrected chi connectivity index (χ1v) is 3.40. The number of halogens is 1. The van der Waals surface area contributed by atoms with Crippen molar-refractivity contribution in [1.82, 2.24) is 0 Å². The predicted octanol–water partition coefficient (Wildman–Crippen LogP) is -2.24. The fourth-order valence-electron chi connectivity index (χ4n) is 0. The van der Waals surface area contributed by atoms with Crippen LogP contribution in [0.4, 0.5) is 0 Å². The largest absolute Gasteiger partial charge is 0.181 e. The third-order valence-electron chi connectivity index (χ3n) is 0. The van der Waals surface area contributed by atoms with Gasteiger partial charge in [-0.15, -0.1) is 0 Å². The van der Waals surface area contributed by atoms with Crippen molar-refractivity contribution in [3.05, 3.63) is 0 Å². The van der Waals surface area contributed by atoms with Gasteiger partial charge in [0, 0.05) is 0 Å². The Bertz CT molecular complexity index is 8.00. The van der Waals surface area contributed by atoms with E-state index in [1.165, 1.54) is 0 Å². The average Bonchev–Trinajstić information content (AvgIpc) is 1.00. The van der Waals surface area contributed by atoms with Gasteiger partial charge in [0.1, 0.15) is 9.55 Å². The summed E-state index contributed by atoms with van der Waals surface area (Å²) in [6, 6.07) is 0. The molecule has 0 radical (unpaired) electrons. The molecule has 1 nitrogen and oxygen atoms in total. The quantitative estimate of drug-likeness (QED) is 0.260. The Morgan fingerprint density at radius 3 is 1.25 bits per heavy atom. The first-order valence-electron chi connectivity index (χ1n) is 0.378. The molecule has 0 aromatic rings. The molecular weight excluding hydrogens is 120 g/mol. The summed E-state index contributed by atoms with van der Waals surface area (Å²) in [5, 5.41) is 0. The van der Waals surface area contributed by atoms with Gasteiger partial charge in [-0.3, -0.25) is 0 Å². The first-order chi connectivity index (χ1) is 1.00. The van der Waals surface area contributed by atoms with Crippen molar-refractivity contribution in [2.24, 2.45) is 0 Å².